The van der Waals surface area contributed by atoms with Crippen LogP contribution in [0.2, 0.25) is 0 Å². The molecule has 1 aromatic heterocycles. The highest BCUT2D eigenvalue weighted by atomic mass is 19.1. The summed E-state index contributed by atoms with van der Waals surface area (Å²) in [5.74, 6) is -2.59. The number of imide groups is 2. The maximum Gasteiger partial charge on any atom is 0.262 e. The molecule has 2 aromatic rings. The van der Waals surface area contributed by atoms with Gasteiger partial charge in [0.25, 0.3) is 11.8 Å². The summed E-state index contributed by atoms with van der Waals surface area (Å²) in [5, 5.41) is 2.15. The second kappa shape index (κ2) is 8.27. The molecule has 1 unspecified atom stereocenters. The Labute approximate surface area is 188 Å². The lowest BCUT2D eigenvalue weighted by atomic mass is 10.0. The first-order chi connectivity index (χ1) is 15.9. The molecule has 3 aliphatic heterocycles. The van der Waals surface area contributed by atoms with E-state index in [-0.39, 0.29) is 35.8 Å². The minimum Gasteiger partial charge on any atom is -0.474 e. The highest BCUT2D eigenvalue weighted by molar-refractivity contribution is 6.23. The number of aromatic nitrogens is 1. The number of pyridine rings is 1. The molecular formula is C23H21FN4O5. The van der Waals surface area contributed by atoms with Crippen LogP contribution in [-0.4, -0.2) is 58.7 Å². The normalized spacial score (nSPS) is 21.3. The van der Waals surface area contributed by atoms with Crippen LogP contribution in [0.4, 0.5) is 10.1 Å². The van der Waals surface area contributed by atoms with Crippen molar-refractivity contribution < 1.29 is 28.3 Å². The molecule has 2 saturated heterocycles. The van der Waals surface area contributed by atoms with Crippen LogP contribution >= 0.6 is 0 Å². The van der Waals surface area contributed by atoms with Gasteiger partial charge in [0.05, 0.1) is 16.8 Å². The van der Waals surface area contributed by atoms with Crippen LogP contribution in [0.5, 0.6) is 5.88 Å². The maximum absolute atomic E-state index is 15.0. The third-order valence-electron chi connectivity index (χ3n) is 6.22. The quantitative estimate of drug-likeness (QED) is 0.703. The highest BCUT2D eigenvalue weighted by Gasteiger charge is 2.45. The molecular weight excluding hydrogens is 431 g/mol. The number of rotatable bonds is 4. The van der Waals surface area contributed by atoms with Crippen molar-refractivity contribution >= 4 is 29.3 Å². The lowest BCUT2D eigenvalue weighted by molar-refractivity contribution is -0.136. The van der Waals surface area contributed by atoms with Crippen LogP contribution < -0.4 is 15.0 Å². The fourth-order valence-corrected chi connectivity index (χ4v) is 4.52. The summed E-state index contributed by atoms with van der Waals surface area (Å²) in [5.41, 5.74) is 0.226. The number of ether oxygens (including phenoxy) is 1. The molecule has 0 aliphatic carbocycles. The van der Waals surface area contributed by atoms with E-state index in [2.05, 4.69) is 10.3 Å². The van der Waals surface area contributed by atoms with Gasteiger partial charge in [0.1, 0.15) is 18.0 Å². The lowest BCUT2D eigenvalue weighted by Gasteiger charge is -2.33. The second-order valence-corrected chi connectivity index (χ2v) is 8.27. The summed E-state index contributed by atoms with van der Waals surface area (Å²) in [6.07, 6.45) is 2.96. The van der Waals surface area contributed by atoms with Gasteiger partial charge in [0.15, 0.2) is 0 Å². The predicted octanol–water partition coefficient (Wildman–Crippen LogP) is 1.67. The molecule has 1 aromatic carbocycles. The molecule has 2 fully saturated rings. The SMILES string of the molecule is O=C1CCC(N2C(=O)c3cc(F)c(N4CCC(Oc5ccccn5)CC4)cc3C2=O)C(=O)N1. The smallest absolute Gasteiger partial charge is 0.262 e. The van der Waals surface area contributed by atoms with E-state index in [9.17, 15) is 23.6 Å². The van der Waals surface area contributed by atoms with Crippen LogP contribution in [0.1, 0.15) is 46.4 Å². The Bertz CT molecular complexity index is 1150. The van der Waals surface area contributed by atoms with Crippen molar-refractivity contribution in [3.63, 3.8) is 0 Å². The monoisotopic (exact) mass is 452 g/mol. The van der Waals surface area contributed by atoms with Gasteiger partial charge in [-0.15, -0.1) is 0 Å². The van der Waals surface area contributed by atoms with E-state index in [0.29, 0.717) is 31.8 Å². The van der Waals surface area contributed by atoms with Crippen molar-refractivity contribution in [2.75, 3.05) is 18.0 Å². The summed E-state index contributed by atoms with van der Waals surface area (Å²) < 4.78 is 20.9. The minimum absolute atomic E-state index is 0.0267. The van der Waals surface area contributed by atoms with Crippen LogP contribution in [0.3, 0.4) is 0 Å². The number of hydrogen-bond acceptors (Lipinski definition) is 7. The van der Waals surface area contributed by atoms with Gasteiger partial charge in [-0.25, -0.2) is 9.37 Å². The molecule has 0 radical (unpaired) electrons. The van der Waals surface area contributed by atoms with Crippen LogP contribution in [-0.2, 0) is 9.59 Å². The number of nitrogens with one attached hydrogen (secondary N) is 1. The highest BCUT2D eigenvalue weighted by Crippen LogP contribution is 2.33. The largest absolute Gasteiger partial charge is 0.474 e. The third kappa shape index (κ3) is 3.81. The van der Waals surface area contributed by atoms with Crippen molar-refractivity contribution in [2.24, 2.45) is 0 Å². The first-order valence-electron chi connectivity index (χ1n) is 10.8. The number of halogens is 1. The average Bonchev–Trinajstić information content (AvgIpc) is 3.04. The maximum atomic E-state index is 15.0. The van der Waals surface area contributed by atoms with Crippen LogP contribution in [0.15, 0.2) is 36.5 Å². The number of benzene rings is 1. The molecule has 170 valence electrons. The molecule has 3 aliphatic rings. The summed E-state index contributed by atoms with van der Waals surface area (Å²) in [6.45, 7) is 1.01. The van der Waals surface area contributed by atoms with E-state index in [1.54, 1.807) is 18.3 Å². The number of hydrogen-bond donors (Lipinski definition) is 1. The molecule has 0 saturated carbocycles. The number of amides is 4. The Kier molecular flexibility index (Phi) is 5.27. The van der Waals surface area contributed by atoms with Crippen molar-refractivity contribution in [1.29, 1.82) is 0 Å². The molecule has 1 N–H and O–H groups in total. The zero-order chi connectivity index (χ0) is 23.1. The molecule has 9 nitrogen and oxygen atoms in total. The number of anilines is 1. The van der Waals surface area contributed by atoms with E-state index in [1.807, 2.05) is 11.0 Å². The van der Waals surface area contributed by atoms with Gasteiger partial charge in [-0.05, 0) is 24.6 Å². The van der Waals surface area contributed by atoms with Gasteiger partial charge >= 0.3 is 0 Å². The van der Waals surface area contributed by atoms with E-state index in [1.165, 1.54) is 6.07 Å². The Hall–Kier alpha value is -3.82. The van der Waals surface area contributed by atoms with E-state index in [0.717, 1.165) is 11.0 Å². The molecule has 4 amide bonds. The number of fused-ring (bicyclic) bond motifs is 1. The second-order valence-electron chi connectivity index (χ2n) is 8.27. The van der Waals surface area contributed by atoms with Gasteiger partial charge in [-0.2, -0.15) is 0 Å². The first kappa shape index (κ1) is 21.0. The summed E-state index contributed by atoms with van der Waals surface area (Å²) in [7, 11) is 0. The number of piperidine rings is 2. The number of carbonyl (C=O) groups excluding carboxylic acids is 4. The Morgan fingerprint density at radius 3 is 2.39 bits per heavy atom. The number of carbonyl (C=O) groups is 4. The minimum atomic E-state index is -1.08. The fourth-order valence-electron chi connectivity index (χ4n) is 4.52. The zero-order valence-electron chi connectivity index (χ0n) is 17.6. The summed E-state index contributed by atoms with van der Waals surface area (Å²) in [4.78, 5) is 56.3. The van der Waals surface area contributed by atoms with Gasteiger partial charge in [-0.3, -0.25) is 29.4 Å². The number of nitrogens with zero attached hydrogens (tertiary/aromatic N) is 3. The van der Waals surface area contributed by atoms with Crippen molar-refractivity contribution in [2.45, 2.75) is 37.8 Å². The van der Waals surface area contributed by atoms with Crippen molar-refractivity contribution in [3.8, 4) is 5.88 Å². The molecule has 10 heteroatoms. The molecule has 1 atom stereocenters. The molecule has 33 heavy (non-hydrogen) atoms. The van der Waals surface area contributed by atoms with Crippen LogP contribution in [0, 0.1) is 5.82 Å². The average molecular weight is 452 g/mol. The standard InChI is InChI=1S/C23H21FN4O5/c24-16-11-14-15(23(32)28(22(14)31)17-4-5-19(29)26-21(17)30)12-18(16)27-9-6-13(7-10-27)33-20-3-1-2-8-25-20/h1-3,8,11-13,17H,4-7,9-10H2,(H,26,29,30). The van der Waals surface area contributed by atoms with Gasteiger partial charge in [-0.1, -0.05) is 6.07 Å². The van der Waals surface area contributed by atoms with Crippen molar-refractivity contribution in [1.82, 2.24) is 15.2 Å². The van der Waals surface area contributed by atoms with E-state index >= 15 is 0 Å². The third-order valence-corrected chi connectivity index (χ3v) is 6.22. The summed E-state index contributed by atoms with van der Waals surface area (Å²) >= 11 is 0. The Balaban J connectivity index is 1.32. The van der Waals surface area contributed by atoms with E-state index < -0.39 is 35.5 Å². The predicted molar refractivity (Wildman–Crippen MR) is 113 cm³/mol. The topological polar surface area (TPSA) is 109 Å². The zero-order valence-corrected chi connectivity index (χ0v) is 17.6. The molecule has 4 heterocycles. The fraction of sp³-hybridized carbons (Fsp3) is 0.348. The van der Waals surface area contributed by atoms with Gasteiger partial charge in [0, 0.05) is 44.6 Å². The first-order valence-corrected chi connectivity index (χ1v) is 10.8. The Morgan fingerprint density at radius 2 is 1.73 bits per heavy atom. The van der Waals surface area contributed by atoms with Gasteiger partial charge < -0.3 is 9.64 Å². The van der Waals surface area contributed by atoms with Crippen molar-refractivity contribution in [3.05, 3.63) is 53.5 Å². The summed E-state index contributed by atoms with van der Waals surface area (Å²) in [6, 6.07) is 6.79. The van der Waals surface area contributed by atoms with E-state index in [4.69, 9.17) is 4.74 Å². The molecule has 0 spiro atoms. The molecule has 5 rings (SSSR count). The molecule has 0 bridgehead atoms. The Morgan fingerprint density at radius 1 is 1.00 bits per heavy atom. The lowest BCUT2D eigenvalue weighted by Crippen LogP contribution is -2.54. The van der Waals surface area contributed by atoms with Crippen LogP contribution in [0.25, 0.3) is 0 Å². The van der Waals surface area contributed by atoms with Gasteiger partial charge in [0.2, 0.25) is 17.7 Å².